The highest BCUT2D eigenvalue weighted by Gasteiger charge is 2.06. The second-order valence-corrected chi connectivity index (χ2v) is 6.91. The molecule has 168 valence electrons. The number of aliphatic imine (C=N–C) groups is 1. The second kappa shape index (κ2) is 13.9. The summed E-state index contributed by atoms with van der Waals surface area (Å²) in [5.74, 6) is 2.05. The van der Waals surface area contributed by atoms with Crippen molar-refractivity contribution in [2.45, 2.75) is 33.2 Å². The van der Waals surface area contributed by atoms with Crippen LogP contribution in [-0.4, -0.2) is 45.2 Å². The molecule has 0 heterocycles. The number of nitrogens with one attached hydrogen (secondary N) is 3. The molecule has 7 nitrogen and oxygen atoms in total. The van der Waals surface area contributed by atoms with E-state index in [1.807, 2.05) is 56.3 Å². The zero-order valence-corrected chi connectivity index (χ0v) is 18.7. The van der Waals surface area contributed by atoms with Crippen molar-refractivity contribution in [3.63, 3.8) is 0 Å². The van der Waals surface area contributed by atoms with Crippen LogP contribution < -0.4 is 25.4 Å². The summed E-state index contributed by atoms with van der Waals surface area (Å²) >= 11 is 0. The van der Waals surface area contributed by atoms with E-state index in [0.29, 0.717) is 19.1 Å². The minimum atomic E-state index is -0.109. The first-order valence-electron chi connectivity index (χ1n) is 10.8. The second-order valence-electron chi connectivity index (χ2n) is 6.91. The Hall–Kier alpha value is -3.22. The lowest BCUT2D eigenvalue weighted by molar-refractivity contribution is -0.119. The smallest absolute Gasteiger partial charge is 0.242 e. The zero-order valence-electron chi connectivity index (χ0n) is 18.7. The number of nitrogens with zero attached hydrogens (tertiary/aromatic N) is 1. The molecule has 3 N–H and O–H groups in total. The fraction of sp³-hybridized carbons (Fsp3) is 0.417. The van der Waals surface area contributed by atoms with E-state index in [1.165, 1.54) is 5.56 Å². The first-order valence-corrected chi connectivity index (χ1v) is 10.8. The number of hydrogen-bond donors (Lipinski definition) is 3. The molecular formula is C24H34N4O3. The molecule has 0 aromatic heterocycles. The Balaban J connectivity index is 1.77. The predicted octanol–water partition coefficient (Wildman–Crippen LogP) is 2.90. The summed E-state index contributed by atoms with van der Waals surface area (Å²) in [7, 11) is 1.64. The molecule has 0 spiro atoms. The molecule has 7 heteroatoms. The van der Waals surface area contributed by atoms with Gasteiger partial charge in [0.1, 0.15) is 6.54 Å². The lowest BCUT2D eigenvalue weighted by Crippen LogP contribution is -2.39. The topological polar surface area (TPSA) is 84.0 Å². The van der Waals surface area contributed by atoms with Crippen molar-refractivity contribution in [3.8, 4) is 11.5 Å². The lowest BCUT2D eigenvalue weighted by Gasteiger charge is -2.13. The molecule has 0 unspecified atom stereocenters. The predicted molar refractivity (Wildman–Crippen MR) is 125 cm³/mol. The van der Waals surface area contributed by atoms with Gasteiger partial charge in [-0.05, 0) is 49.9 Å². The fourth-order valence-electron chi connectivity index (χ4n) is 2.99. The lowest BCUT2D eigenvalue weighted by atomic mass is 10.1. The van der Waals surface area contributed by atoms with Crippen LogP contribution in [0.2, 0.25) is 0 Å². The van der Waals surface area contributed by atoms with Gasteiger partial charge in [-0.15, -0.1) is 0 Å². The van der Waals surface area contributed by atoms with E-state index in [4.69, 9.17) is 9.47 Å². The summed E-state index contributed by atoms with van der Waals surface area (Å²) in [6.07, 6.45) is 1.82. The molecule has 2 aromatic carbocycles. The number of carbonyl (C=O) groups excluding carboxylic acids is 1. The van der Waals surface area contributed by atoms with E-state index in [-0.39, 0.29) is 12.5 Å². The minimum absolute atomic E-state index is 0.0817. The third-order valence-corrected chi connectivity index (χ3v) is 4.52. The number of methoxy groups -OCH3 is 1. The number of aryl methyl sites for hydroxylation is 1. The Bertz CT molecular complexity index is 825. The molecule has 0 aliphatic rings. The van der Waals surface area contributed by atoms with Crippen LogP contribution in [0.4, 0.5) is 0 Å². The zero-order chi connectivity index (χ0) is 22.3. The SMILES string of the molecule is CCNC(=NCC(=O)NCc1ccccc1)NCCCc1ccc(OC)c(OCC)c1. The van der Waals surface area contributed by atoms with Crippen LogP contribution in [0, 0.1) is 0 Å². The van der Waals surface area contributed by atoms with Gasteiger partial charge in [0, 0.05) is 19.6 Å². The van der Waals surface area contributed by atoms with E-state index >= 15 is 0 Å². The molecule has 0 saturated heterocycles. The normalized spacial score (nSPS) is 11.0. The number of ether oxygens (including phenoxy) is 2. The molecule has 31 heavy (non-hydrogen) atoms. The van der Waals surface area contributed by atoms with Crippen LogP contribution in [0.3, 0.4) is 0 Å². The van der Waals surface area contributed by atoms with E-state index in [9.17, 15) is 4.79 Å². The van der Waals surface area contributed by atoms with Gasteiger partial charge in [0.15, 0.2) is 17.5 Å². The number of amides is 1. The van der Waals surface area contributed by atoms with E-state index in [2.05, 4.69) is 27.0 Å². The molecule has 0 atom stereocenters. The number of rotatable bonds is 12. The van der Waals surface area contributed by atoms with Crippen molar-refractivity contribution in [2.24, 2.45) is 4.99 Å². The molecule has 0 aliphatic heterocycles. The van der Waals surface area contributed by atoms with E-state index in [1.54, 1.807) is 7.11 Å². The van der Waals surface area contributed by atoms with Crippen molar-refractivity contribution in [3.05, 3.63) is 59.7 Å². The molecule has 2 rings (SSSR count). The van der Waals surface area contributed by atoms with Gasteiger partial charge in [-0.2, -0.15) is 0 Å². The molecule has 2 aromatic rings. The van der Waals surface area contributed by atoms with Gasteiger partial charge in [-0.1, -0.05) is 36.4 Å². The van der Waals surface area contributed by atoms with Gasteiger partial charge >= 0.3 is 0 Å². The van der Waals surface area contributed by atoms with Crippen molar-refractivity contribution in [2.75, 3.05) is 33.4 Å². The highest BCUT2D eigenvalue weighted by molar-refractivity contribution is 5.84. The summed E-state index contributed by atoms with van der Waals surface area (Å²) in [5, 5.41) is 9.35. The number of benzene rings is 2. The fourth-order valence-corrected chi connectivity index (χ4v) is 2.99. The third kappa shape index (κ3) is 8.99. The Morgan fingerprint density at radius 1 is 0.968 bits per heavy atom. The van der Waals surface area contributed by atoms with Gasteiger partial charge in [0.25, 0.3) is 0 Å². The summed E-state index contributed by atoms with van der Waals surface area (Å²) in [4.78, 5) is 16.5. The molecule has 0 saturated carbocycles. The van der Waals surface area contributed by atoms with Gasteiger partial charge in [0.2, 0.25) is 5.91 Å². The number of carbonyl (C=O) groups is 1. The van der Waals surface area contributed by atoms with Crippen LogP contribution in [-0.2, 0) is 17.8 Å². The number of guanidine groups is 1. The third-order valence-electron chi connectivity index (χ3n) is 4.52. The van der Waals surface area contributed by atoms with Crippen LogP contribution in [0.1, 0.15) is 31.4 Å². The maximum atomic E-state index is 12.1. The van der Waals surface area contributed by atoms with Gasteiger partial charge < -0.3 is 25.4 Å². The van der Waals surface area contributed by atoms with E-state index in [0.717, 1.165) is 43.0 Å². The van der Waals surface area contributed by atoms with Gasteiger partial charge in [-0.25, -0.2) is 4.99 Å². The average Bonchev–Trinajstić information content (AvgIpc) is 2.80. The van der Waals surface area contributed by atoms with Crippen LogP contribution in [0.25, 0.3) is 0 Å². The van der Waals surface area contributed by atoms with Crippen molar-refractivity contribution in [1.82, 2.24) is 16.0 Å². The monoisotopic (exact) mass is 426 g/mol. The summed E-state index contributed by atoms with van der Waals surface area (Å²) < 4.78 is 11.0. The van der Waals surface area contributed by atoms with E-state index < -0.39 is 0 Å². The standard InChI is InChI=1S/C24H34N4O3/c1-4-25-24(28-18-23(29)27-17-20-10-7-6-8-11-20)26-15-9-12-19-13-14-21(30-3)22(16-19)31-5-2/h6-8,10-11,13-14,16H,4-5,9,12,15,17-18H2,1-3H3,(H,27,29)(H2,25,26,28). The molecule has 0 aliphatic carbocycles. The van der Waals surface area contributed by atoms with Crippen LogP contribution in [0.5, 0.6) is 11.5 Å². The highest BCUT2D eigenvalue weighted by atomic mass is 16.5. The maximum Gasteiger partial charge on any atom is 0.242 e. The van der Waals surface area contributed by atoms with Gasteiger partial charge in [0.05, 0.1) is 13.7 Å². The molecule has 0 bridgehead atoms. The first-order chi connectivity index (χ1) is 15.2. The minimum Gasteiger partial charge on any atom is -0.493 e. The summed E-state index contributed by atoms with van der Waals surface area (Å²) in [6.45, 7) is 6.62. The Morgan fingerprint density at radius 2 is 1.77 bits per heavy atom. The van der Waals surface area contributed by atoms with Crippen molar-refractivity contribution >= 4 is 11.9 Å². The first kappa shape index (κ1) is 24.1. The highest BCUT2D eigenvalue weighted by Crippen LogP contribution is 2.28. The summed E-state index contributed by atoms with van der Waals surface area (Å²) in [5.41, 5.74) is 2.25. The molecular weight excluding hydrogens is 392 g/mol. The Labute approximate surface area is 185 Å². The number of hydrogen-bond acceptors (Lipinski definition) is 4. The molecule has 0 radical (unpaired) electrons. The maximum absolute atomic E-state index is 12.1. The average molecular weight is 427 g/mol. The van der Waals surface area contributed by atoms with Crippen molar-refractivity contribution in [1.29, 1.82) is 0 Å². The molecule has 0 fully saturated rings. The molecule has 1 amide bonds. The van der Waals surface area contributed by atoms with Crippen molar-refractivity contribution < 1.29 is 14.3 Å². The van der Waals surface area contributed by atoms with Crippen LogP contribution >= 0.6 is 0 Å². The van der Waals surface area contributed by atoms with Gasteiger partial charge in [-0.3, -0.25) is 4.79 Å². The Morgan fingerprint density at radius 3 is 2.48 bits per heavy atom. The van der Waals surface area contributed by atoms with Crippen LogP contribution in [0.15, 0.2) is 53.5 Å². The largest absolute Gasteiger partial charge is 0.493 e. The quantitative estimate of drug-likeness (QED) is 0.276. The summed E-state index contributed by atoms with van der Waals surface area (Å²) in [6, 6.07) is 15.8. The Kier molecular flexibility index (Phi) is 10.8.